The van der Waals surface area contributed by atoms with E-state index in [1.165, 1.54) is 11.0 Å². The summed E-state index contributed by atoms with van der Waals surface area (Å²) in [6, 6.07) is -0.438. The maximum Gasteiger partial charge on any atom is 0.410 e. The van der Waals surface area contributed by atoms with Crippen molar-refractivity contribution < 1.29 is 19.4 Å². The van der Waals surface area contributed by atoms with E-state index in [1.807, 2.05) is 0 Å². The average molecular weight is 270 g/mol. The zero-order chi connectivity index (χ0) is 14.6. The van der Waals surface area contributed by atoms with Gasteiger partial charge in [0.2, 0.25) is 5.91 Å². The molecule has 0 aliphatic carbocycles. The van der Waals surface area contributed by atoms with Gasteiger partial charge in [-0.3, -0.25) is 9.69 Å². The highest BCUT2D eigenvalue weighted by Gasteiger charge is 2.33. The maximum atomic E-state index is 12.0. The molecule has 1 saturated heterocycles. The molecule has 0 aromatic rings. The van der Waals surface area contributed by atoms with Crippen LogP contribution in [0.15, 0.2) is 12.7 Å². The van der Waals surface area contributed by atoms with Gasteiger partial charge in [-0.25, -0.2) is 4.79 Å². The normalized spacial score (nSPS) is 20.1. The van der Waals surface area contributed by atoms with Gasteiger partial charge in [0.15, 0.2) is 0 Å². The minimum Gasteiger partial charge on any atom is -0.444 e. The van der Waals surface area contributed by atoms with Crippen LogP contribution in [0.5, 0.6) is 0 Å². The highest BCUT2D eigenvalue weighted by Crippen LogP contribution is 2.15. The van der Waals surface area contributed by atoms with Crippen molar-refractivity contribution in [2.75, 3.05) is 26.2 Å². The molecule has 0 bridgehead atoms. The third-order valence-corrected chi connectivity index (χ3v) is 2.81. The predicted octanol–water partition coefficient (Wildman–Crippen LogP) is 0.613. The lowest BCUT2D eigenvalue weighted by molar-refractivity contribution is -0.129. The lowest BCUT2D eigenvalue weighted by Gasteiger charge is -2.40. The van der Waals surface area contributed by atoms with Crippen LogP contribution in [0.25, 0.3) is 0 Å². The molecule has 1 unspecified atom stereocenters. The summed E-state index contributed by atoms with van der Waals surface area (Å²) >= 11 is 0. The van der Waals surface area contributed by atoms with Crippen LogP contribution in [0.4, 0.5) is 4.79 Å². The second kappa shape index (κ2) is 6.06. The van der Waals surface area contributed by atoms with E-state index in [-0.39, 0.29) is 12.5 Å². The van der Waals surface area contributed by atoms with E-state index in [4.69, 9.17) is 4.74 Å². The molecule has 1 fully saturated rings. The number of aliphatic hydroxyl groups excluding tert-OH is 1. The largest absolute Gasteiger partial charge is 0.444 e. The Hall–Kier alpha value is -1.56. The zero-order valence-corrected chi connectivity index (χ0v) is 11.8. The van der Waals surface area contributed by atoms with Gasteiger partial charge in [-0.15, -0.1) is 0 Å². The van der Waals surface area contributed by atoms with Crippen LogP contribution in [-0.4, -0.2) is 64.8 Å². The van der Waals surface area contributed by atoms with Gasteiger partial charge >= 0.3 is 6.09 Å². The van der Waals surface area contributed by atoms with Crippen LogP contribution in [0, 0.1) is 0 Å². The predicted molar refractivity (Wildman–Crippen MR) is 70.6 cm³/mol. The molecule has 108 valence electrons. The van der Waals surface area contributed by atoms with Gasteiger partial charge < -0.3 is 14.7 Å². The molecule has 19 heavy (non-hydrogen) atoms. The van der Waals surface area contributed by atoms with E-state index in [1.54, 1.807) is 25.7 Å². The van der Waals surface area contributed by atoms with Gasteiger partial charge in [0.25, 0.3) is 0 Å². The first-order valence-corrected chi connectivity index (χ1v) is 6.30. The minimum absolute atomic E-state index is 0.192. The molecule has 0 spiro atoms. The lowest BCUT2D eigenvalue weighted by Crippen LogP contribution is -2.58. The zero-order valence-electron chi connectivity index (χ0n) is 11.8. The summed E-state index contributed by atoms with van der Waals surface area (Å²) in [5.41, 5.74) is -0.578. The van der Waals surface area contributed by atoms with Crippen molar-refractivity contribution in [3.8, 4) is 0 Å². The fraction of sp³-hybridized carbons (Fsp3) is 0.692. The Labute approximate surface area is 113 Å². The molecule has 0 saturated carbocycles. The Bertz CT molecular complexity index is 362. The Morgan fingerprint density at radius 2 is 2.05 bits per heavy atom. The third-order valence-electron chi connectivity index (χ3n) is 2.81. The van der Waals surface area contributed by atoms with Crippen molar-refractivity contribution in [2.24, 2.45) is 0 Å². The van der Waals surface area contributed by atoms with E-state index in [0.29, 0.717) is 19.6 Å². The number of carbonyl (C=O) groups excluding carboxylic acids is 2. The highest BCUT2D eigenvalue weighted by atomic mass is 16.6. The molecule has 1 aliphatic rings. The van der Waals surface area contributed by atoms with E-state index in [0.717, 1.165) is 0 Å². The Morgan fingerprint density at radius 1 is 1.42 bits per heavy atom. The average Bonchev–Trinajstić information content (AvgIpc) is 2.34. The summed E-state index contributed by atoms with van der Waals surface area (Å²) in [4.78, 5) is 26.6. The number of rotatable bonds is 2. The van der Waals surface area contributed by atoms with E-state index < -0.39 is 17.7 Å². The van der Waals surface area contributed by atoms with Gasteiger partial charge in [-0.05, 0) is 26.8 Å². The standard InChI is InChI=1S/C13H22N2O4/c1-5-11(17)14-6-7-15(10(8-14)9-16)12(18)19-13(2,3)4/h5,10,16H,1,6-9H2,2-4H3. The van der Waals surface area contributed by atoms with Gasteiger partial charge in [0.1, 0.15) is 5.60 Å². The van der Waals surface area contributed by atoms with Crippen LogP contribution in [0.2, 0.25) is 0 Å². The van der Waals surface area contributed by atoms with Crippen molar-refractivity contribution in [2.45, 2.75) is 32.4 Å². The molecule has 0 aromatic heterocycles. The molecular weight excluding hydrogens is 248 g/mol. The molecule has 1 heterocycles. The number of hydrogen-bond acceptors (Lipinski definition) is 4. The summed E-state index contributed by atoms with van der Waals surface area (Å²) in [7, 11) is 0. The molecule has 1 aliphatic heterocycles. The van der Waals surface area contributed by atoms with Crippen molar-refractivity contribution in [3.05, 3.63) is 12.7 Å². The summed E-state index contributed by atoms with van der Waals surface area (Å²) in [6.07, 6.45) is 0.773. The van der Waals surface area contributed by atoms with Crippen molar-refractivity contribution in [1.82, 2.24) is 9.80 Å². The number of amides is 2. The number of piperazine rings is 1. The Morgan fingerprint density at radius 3 is 2.53 bits per heavy atom. The maximum absolute atomic E-state index is 12.0. The molecule has 2 amide bonds. The first-order chi connectivity index (χ1) is 8.78. The molecule has 1 N–H and O–H groups in total. The quantitative estimate of drug-likeness (QED) is 0.746. The SMILES string of the molecule is C=CC(=O)N1CCN(C(=O)OC(C)(C)C)C(CO)C1. The Kier molecular flexibility index (Phi) is 4.94. The van der Waals surface area contributed by atoms with Gasteiger partial charge in [-0.1, -0.05) is 6.58 Å². The van der Waals surface area contributed by atoms with Gasteiger partial charge in [-0.2, -0.15) is 0 Å². The second-order valence-corrected chi connectivity index (χ2v) is 5.50. The number of carbonyl (C=O) groups is 2. The van der Waals surface area contributed by atoms with Crippen LogP contribution in [0.3, 0.4) is 0 Å². The first-order valence-electron chi connectivity index (χ1n) is 6.30. The monoisotopic (exact) mass is 270 g/mol. The number of ether oxygens (including phenoxy) is 1. The van der Waals surface area contributed by atoms with E-state index in [9.17, 15) is 14.7 Å². The van der Waals surface area contributed by atoms with E-state index >= 15 is 0 Å². The number of aliphatic hydroxyl groups is 1. The van der Waals surface area contributed by atoms with Crippen molar-refractivity contribution >= 4 is 12.0 Å². The van der Waals surface area contributed by atoms with Gasteiger partial charge in [0, 0.05) is 19.6 Å². The van der Waals surface area contributed by atoms with Crippen molar-refractivity contribution in [1.29, 1.82) is 0 Å². The molecule has 1 atom stereocenters. The second-order valence-electron chi connectivity index (χ2n) is 5.50. The van der Waals surface area contributed by atoms with Crippen LogP contribution in [0.1, 0.15) is 20.8 Å². The summed E-state index contributed by atoms with van der Waals surface area (Å²) in [5, 5.41) is 9.37. The fourth-order valence-electron chi connectivity index (χ4n) is 1.90. The summed E-state index contributed by atoms with van der Waals surface area (Å²) < 4.78 is 5.28. The fourth-order valence-corrected chi connectivity index (χ4v) is 1.90. The van der Waals surface area contributed by atoms with Crippen molar-refractivity contribution in [3.63, 3.8) is 0 Å². The molecular formula is C13H22N2O4. The molecule has 1 rings (SSSR count). The molecule has 0 aromatic carbocycles. The smallest absolute Gasteiger partial charge is 0.410 e. The third kappa shape index (κ3) is 4.24. The topological polar surface area (TPSA) is 70.1 Å². The highest BCUT2D eigenvalue weighted by molar-refractivity contribution is 5.87. The van der Waals surface area contributed by atoms with E-state index in [2.05, 4.69) is 6.58 Å². The van der Waals surface area contributed by atoms with Gasteiger partial charge in [0.05, 0.1) is 12.6 Å². The Balaban J connectivity index is 2.69. The molecule has 6 nitrogen and oxygen atoms in total. The van der Waals surface area contributed by atoms with Crippen LogP contribution >= 0.6 is 0 Å². The lowest BCUT2D eigenvalue weighted by atomic mass is 10.1. The molecule has 0 radical (unpaired) electrons. The summed E-state index contributed by atoms with van der Waals surface area (Å²) in [6.45, 7) is 9.64. The minimum atomic E-state index is -0.578. The molecule has 6 heteroatoms. The number of nitrogens with zero attached hydrogens (tertiary/aromatic N) is 2. The van der Waals surface area contributed by atoms with Crippen LogP contribution in [-0.2, 0) is 9.53 Å². The van der Waals surface area contributed by atoms with Crippen LogP contribution < -0.4 is 0 Å². The first kappa shape index (κ1) is 15.5. The summed E-state index contributed by atoms with van der Waals surface area (Å²) in [5.74, 6) is -0.192. The number of hydrogen-bond donors (Lipinski definition) is 1.